The van der Waals surface area contributed by atoms with E-state index in [0.29, 0.717) is 0 Å². The summed E-state index contributed by atoms with van der Waals surface area (Å²) in [5.41, 5.74) is 10.0. The second-order valence-electron chi connectivity index (χ2n) is 8.48. The SMILES string of the molecule is CC/C=C(/c1ccc(C)c(C#N)c1)c1cc(-c2ccc(N3CCCCC3)cc2)[nH]c1C. The van der Waals surface area contributed by atoms with Crippen LogP contribution in [0.4, 0.5) is 5.69 Å². The molecule has 0 atom stereocenters. The number of aryl methyl sites for hydroxylation is 2. The zero-order valence-corrected chi connectivity index (χ0v) is 18.8. The average Bonchev–Trinajstić information content (AvgIpc) is 3.20. The van der Waals surface area contributed by atoms with Crippen molar-refractivity contribution in [3.63, 3.8) is 0 Å². The standard InChI is InChI=1S/C28H31N3/c1-4-8-26(23-10-9-20(2)24(17-23)19-29)27-18-28(30-21(27)3)22-11-13-25(14-12-22)31-15-6-5-7-16-31/h8-14,17-18,30H,4-7,15-16H2,1-3H3/b26-8-. The number of benzene rings is 2. The highest BCUT2D eigenvalue weighted by Gasteiger charge is 2.15. The lowest BCUT2D eigenvalue weighted by Gasteiger charge is -2.28. The van der Waals surface area contributed by atoms with E-state index in [4.69, 9.17) is 0 Å². The van der Waals surface area contributed by atoms with Gasteiger partial charge >= 0.3 is 0 Å². The Morgan fingerprint density at radius 1 is 1.03 bits per heavy atom. The number of allylic oxidation sites excluding steroid dienone is 1. The predicted molar refractivity (Wildman–Crippen MR) is 130 cm³/mol. The van der Waals surface area contributed by atoms with Gasteiger partial charge in [-0.15, -0.1) is 0 Å². The Kier molecular flexibility index (Phi) is 6.28. The third-order valence-electron chi connectivity index (χ3n) is 6.28. The molecule has 1 saturated heterocycles. The minimum Gasteiger partial charge on any atom is -0.372 e. The van der Waals surface area contributed by atoms with Crippen LogP contribution < -0.4 is 4.90 Å². The Morgan fingerprint density at radius 2 is 1.77 bits per heavy atom. The van der Waals surface area contributed by atoms with E-state index < -0.39 is 0 Å². The summed E-state index contributed by atoms with van der Waals surface area (Å²) in [4.78, 5) is 6.08. The highest BCUT2D eigenvalue weighted by molar-refractivity contribution is 5.84. The zero-order chi connectivity index (χ0) is 21.8. The fourth-order valence-corrected chi connectivity index (χ4v) is 4.49. The Morgan fingerprint density at radius 3 is 2.45 bits per heavy atom. The molecule has 2 heterocycles. The van der Waals surface area contributed by atoms with Crippen LogP contribution in [-0.4, -0.2) is 18.1 Å². The molecule has 0 unspecified atom stereocenters. The van der Waals surface area contributed by atoms with Crippen molar-refractivity contribution >= 4 is 11.3 Å². The van der Waals surface area contributed by atoms with Gasteiger partial charge in [0.25, 0.3) is 0 Å². The maximum atomic E-state index is 9.47. The lowest BCUT2D eigenvalue weighted by atomic mass is 9.94. The van der Waals surface area contributed by atoms with Crippen LogP contribution in [0.15, 0.2) is 54.6 Å². The third-order valence-corrected chi connectivity index (χ3v) is 6.28. The summed E-state index contributed by atoms with van der Waals surface area (Å²) in [5.74, 6) is 0. The molecule has 3 heteroatoms. The van der Waals surface area contributed by atoms with Gasteiger partial charge in [0.15, 0.2) is 0 Å². The van der Waals surface area contributed by atoms with E-state index in [-0.39, 0.29) is 0 Å². The smallest absolute Gasteiger partial charge is 0.0994 e. The van der Waals surface area contributed by atoms with Crippen molar-refractivity contribution in [2.24, 2.45) is 0 Å². The van der Waals surface area contributed by atoms with Gasteiger partial charge in [-0.2, -0.15) is 5.26 Å². The number of rotatable bonds is 5. The largest absolute Gasteiger partial charge is 0.372 e. The summed E-state index contributed by atoms with van der Waals surface area (Å²) in [6.45, 7) is 8.60. The summed E-state index contributed by atoms with van der Waals surface area (Å²) < 4.78 is 0. The molecule has 4 rings (SSSR count). The molecule has 0 radical (unpaired) electrons. The molecule has 0 aliphatic carbocycles. The second-order valence-corrected chi connectivity index (χ2v) is 8.48. The molecule has 0 saturated carbocycles. The molecule has 3 aromatic rings. The maximum Gasteiger partial charge on any atom is 0.0994 e. The summed E-state index contributed by atoms with van der Waals surface area (Å²) >= 11 is 0. The van der Waals surface area contributed by atoms with E-state index in [1.165, 1.54) is 41.6 Å². The molecule has 3 nitrogen and oxygen atoms in total. The molecule has 31 heavy (non-hydrogen) atoms. The van der Waals surface area contributed by atoms with Gasteiger partial charge in [-0.25, -0.2) is 0 Å². The van der Waals surface area contributed by atoms with Gasteiger partial charge in [-0.05, 0) is 86.1 Å². The highest BCUT2D eigenvalue weighted by atomic mass is 15.1. The van der Waals surface area contributed by atoms with Gasteiger partial charge < -0.3 is 9.88 Å². The molecule has 1 aliphatic rings. The normalized spacial score (nSPS) is 14.5. The minimum absolute atomic E-state index is 0.737. The molecular weight excluding hydrogens is 378 g/mol. The first-order valence-corrected chi connectivity index (χ1v) is 11.4. The number of piperidine rings is 1. The van der Waals surface area contributed by atoms with E-state index in [2.05, 4.69) is 72.3 Å². The lowest BCUT2D eigenvalue weighted by Crippen LogP contribution is -2.29. The Labute approximate surface area is 186 Å². The van der Waals surface area contributed by atoms with E-state index in [0.717, 1.165) is 47.6 Å². The van der Waals surface area contributed by atoms with E-state index in [9.17, 15) is 5.26 Å². The van der Waals surface area contributed by atoms with Crippen LogP contribution in [0.1, 0.15) is 60.6 Å². The van der Waals surface area contributed by atoms with Crippen molar-refractivity contribution < 1.29 is 0 Å². The third kappa shape index (κ3) is 4.44. The molecule has 0 amide bonds. The molecule has 158 valence electrons. The van der Waals surface area contributed by atoms with Gasteiger partial charge in [-0.3, -0.25) is 0 Å². The molecule has 0 bridgehead atoms. The van der Waals surface area contributed by atoms with E-state index >= 15 is 0 Å². The number of hydrogen-bond donors (Lipinski definition) is 1. The van der Waals surface area contributed by atoms with Crippen LogP contribution in [0, 0.1) is 25.2 Å². The summed E-state index contributed by atoms with van der Waals surface area (Å²) in [5, 5.41) is 9.47. The van der Waals surface area contributed by atoms with Crippen LogP contribution in [0.3, 0.4) is 0 Å². The van der Waals surface area contributed by atoms with Gasteiger partial charge in [0.1, 0.15) is 0 Å². The number of nitrogens with zero attached hydrogens (tertiary/aromatic N) is 2. The van der Waals surface area contributed by atoms with Crippen LogP contribution in [0.25, 0.3) is 16.8 Å². The summed E-state index contributed by atoms with van der Waals surface area (Å²) in [6, 6.07) is 19.7. The Bertz CT molecular complexity index is 1120. The van der Waals surface area contributed by atoms with Gasteiger partial charge in [0, 0.05) is 35.7 Å². The number of nitrogens with one attached hydrogen (secondary N) is 1. The molecule has 0 spiro atoms. The van der Waals surface area contributed by atoms with Crippen molar-refractivity contribution in [2.45, 2.75) is 46.5 Å². The van der Waals surface area contributed by atoms with Crippen molar-refractivity contribution in [3.05, 3.63) is 82.6 Å². The van der Waals surface area contributed by atoms with Crippen LogP contribution in [0.5, 0.6) is 0 Å². The fourth-order valence-electron chi connectivity index (χ4n) is 4.49. The number of nitriles is 1. The second kappa shape index (κ2) is 9.27. The summed E-state index contributed by atoms with van der Waals surface area (Å²) in [6.07, 6.45) is 7.13. The van der Waals surface area contributed by atoms with Crippen LogP contribution in [-0.2, 0) is 0 Å². The summed E-state index contributed by atoms with van der Waals surface area (Å²) in [7, 11) is 0. The van der Waals surface area contributed by atoms with Gasteiger partial charge in [-0.1, -0.05) is 37.3 Å². The highest BCUT2D eigenvalue weighted by Crippen LogP contribution is 2.32. The first-order chi connectivity index (χ1) is 15.1. The molecular formula is C28H31N3. The first kappa shape index (κ1) is 21.0. The van der Waals surface area contributed by atoms with E-state index in [1.54, 1.807) is 0 Å². The van der Waals surface area contributed by atoms with Crippen molar-refractivity contribution in [3.8, 4) is 17.3 Å². The van der Waals surface area contributed by atoms with Crippen LogP contribution in [0.2, 0.25) is 0 Å². The number of anilines is 1. The molecule has 1 aromatic heterocycles. The van der Waals surface area contributed by atoms with Crippen molar-refractivity contribution in [1.82, 2.24) is 4.98 Å². The molecule has 1 fully saturated rings. The average molecular weight is 410 g/mol. The van der Waals surface area contributed by atoms with Gasteiger partial charge in [0.05, 0.1) is 11.6 Å². The zero-order valence-electron chi connectivity index (χ0n) is 18.8. The van der Waals surface area contributed by atoms with Crippen molar-refractivity contribution in [1.29, 1.82) is 5.26 Å². The van der Waals surface area contributed by atoms with E-state index in [1.807, 2.05) is 19.1 Å². The lowest BCUT2D eigenvalue weighted by molar-refractivity contribution is 0.578. The predicted octanol–water partition coefficient (Wildman–Crippen LogP) is 7.00. The van der Waals surface area contributed by atoms with Gasteiger partial charge in [0.2, 0.25) is 0 Å². The van der Waals surface area contributed by atoms with Crippen LogP contribution >= 0.6 is 0 Å². The molecule has 2 aromatic carbocycles. The topological polar surface area (TPSA) is 42.8 Å². The molecule has 1 N–H and O–H groups in total. The quantitative estimate of drug-likeness (QED) is 0.493. The number of aromatic amines is 1. The number of hydrogen-bond acceptors (Lipinski definition) is 2. The molecule has 1 aliphatic heterocycles. The minimum atomic E-state index is 0.737. The Balaban J connectivity index is 1.66. The first-order valence-electron chi connectivity index (χ1n) is 11.4. The number of H-pyrrole nitrogens is 1. The van der Waals surface area contributed by atoms with Crippen molar-refractivity contribution in [2.75, 3.05) is 18.0 Å². The fraction of sp³-hybridized carbons (Fsp3) is 0.321. The Hall–Kier alpha value is -3.25. The maximum absolute atomic E-state index is 9.47. The monoisotopic (exact) mass is 409 g/mol. The number of aromatic nitrogens is 1.